The van der Waals surface area contributed by atoms with Crippen LogP contribution in [-0.2, 0) is 6.42 Å². The summed E-state index contributed by atoms with van der Waals surface area (Å²) in [6, 6.07) is 15.3. The first-order chi connectivity index (χ1) is 12.3. The monoisotopic (exact) mass is 332 g/mol. The van der Waals surface area contributed by atoms with Crippen LogP contribution in [0.5, 0.6) is 0 Å². The van der Waals surface area contributed by atoms with Crippen LogP contribution in [0.25, 0.3) is 21.9 Å². The number of fused-ring (bicyclic) bond motifs is 2. The lowest BCUT2D eigenvalue weighted by molar-refractivity contribution is 0.112. The van der Waals surface area contributed by atoms with Crippen LogP contribution >= 0.6 is 0 Å². The largest absolute Gasteiger partial charge is 0.422 e. The van der Waals surface area contributed by atoms with Crippen molar-refractivity contribution >= 4 is 33.8 Å². The molecule has 0 bridgehead atoms. The first kappa shape index (κ1) is 15.2. The van der Waals surface area contributed by atoms with E-state index < -0.39 is 5.63 Å². The first-order valence-corrected chi connectivity index (χ1v) is 8.08. The van der Waals surface area contributed by atoms with E-state index in [0.29, 0.717) is 24.1 Å². The van der Waals surface area contributed by atoms with Gasteiger partial charge in [-0.15, -0.1) is 0 Å². The fourth-order valence-corrected chi connectivity index (χ4v) is 3.12. The zero-order valence-electron chi connectivity index (χ0n) is 13.4. The number of benzene rings is 2. The zero-order valence-corrected chi connectivity index (χ0v) is 13.4. The molecule has 0 aliphatic heterocycles. The van der Waals surface area contributed by atoms with Gasteiger partial charge in [0.1, 0.15) is 11.1 Å². The number of hydrogen-bond donors (Lipinski definition) is 2. The Hall–Kier alpha value is -3.34. The van der Waals surface area contributed by atoms with E-state index in [1.165, 1.54) is 10.9 Å². The molecule has 4 rings (SSSR count). The van der Waals surface area contributed by atoms with Gasteiger partial charge in [-0.2, -0.15) is 0 Å². The highest BCUT2D eigenvalue weighted by Gasteiger charge is 2.13. The van der Waals surface area contributed by atoms with E-state index in [4.69, 9.17) is 4.42 Å². The minimum absolute atomic E-state index is 0.0256. The Morgan fingerprint density at radius 1 is 1.04 bits per heavy atom. The Kier molecular flexibility index (Phi) is 3.82. The fourth-order valence-electron chi connectivity index (χ4n) is 3.12. The van der Waals surface area contributed by atoms with E-state index >= 15 is 0 Å². The molecule has 0 saturated heterocycles. The Labute approximate surface area is 143 Å². The summed E-state index contributed by atoms with van der Waals surface area (Å²) in [7, 11) is 0. The van der Waals surface area contributed by atoms with Gasteiger partial charge in [-0.05, 0) is 30.2 Å². The molecule has 0 amide bonds. The average Bonchev–Trinajstić information content (AvgIpc) is 3.05. The fraction of sp³-hybridized carbons (Fsp3) is 0.100. The van der Waals surface area contributed by atoms with E-state index in [1.54, 1.807) is 12.1 Å². The minimum Gasteiger partial charge on any atom is -0.422 e. The molecule has 0 spiro atoms. The number of carbonyl (C=O) groups excluding carboxylic acids is 1. The third-order valence-electron chi connectivity index (χ3n) is 4.34. The standard InChI is InChI=1S/C20H16N2O3/c23-12-16-19(15-6-2-4-8-18(15)25-20(16)24)21-10-9-13-11-22-17-7-3-1-5-14(13)17/h1-8,11-12,21-22H,9-10H2. The molecule has 5 heteroatoms. The number of carbonyl (C=O) groups is 1. The maximum atomic E-state index is 12.0. The molecule has 0 fully saturated rings. The highest BCUT2D eigenvalue weighted by Crippen LogP contribution is 2.24. The lowest BCUT2D eigenvalue weighted by Crippen LogP contribution is -2.14. The zero-order chi connectivity index (χ0) is 17.2. The summed E-state index contributed by atoms with van der Waals surface area (Å²) in [5.74, 6) is 0. The van der Waals surface area contributed by atoms with Gasteiger partial charge >= 0.3 is 5.63 Å². The van der Waals surface area contributed by atoms with Crippen LogP contribution in [0.3, 0.4) is 0 Å². The number of H-pyrrole nitrogens is 1. The van der Waals surface area contributed by atoms with Crippen LogP contribution in [-0.4, -0.2) is 17.8 Å². The van der Waals surface area contributed by atoms with Gasteiger partial charge in [0.05, 0.1) is 5.69 Å². The number of aldehydes is 1. The van der Waals surface area contributed by atoms with Crippen molar-refractivity contribution in [3.63, 3.8) is 0 Å². The number of aromatic nitrogens is 1. The van der Waals surface area contributed by atoms with E-state index in [9.17, 15) is 9.59 Å². The molecule has 0 saturated carbocycles. The molecule has 2 aromatic heterocycles. The maximum absolute atomic E-state index is 12.0. The van der Waals surface area contributed by atoms with Gasteiger partial charge in [0.2, 0.25) is 0 Å². The number of rotatable bonds is 5. The summed E-state index contributed by atoms with van der Waals surface area (Å²) in [5, 5.41) is 5.15. The second-order valence-electron chi connectivity index (χ2n) is 5.83. The van der Waals surface area contributed by atoms with Crippen LogP contribution in [0.15, 0.2) is 63.9 Å². The highest BCUT2D eigenvalue weighted by atomic mass is 16.4. The molecule has 4 aromatic rings. The summed E-state index contributed by atoms with van der Waals surface area (Å²) < 4.78 is 5.20. The Bertz CT molecular complexity index is 1120. The molecule has 0 atom stereocenters. The van der Waals surface area contributed by atoms with Crippen LogP contribution in [0.1, 0.15) is 15.9 Å². The lowest BCUT2D eigenvalue weighted by Gasteiger charge is -2.10. The van der Waals surface area contributed by atoms with E-state index in [2.05, 4.69) is 16.4 Å². The molecule has 2 heterocycles. The van der Waals surface area contributed by atoms with Crippen LogP contribution in [0.2, 0.25) is 0 Å². The van der Waals surface area contributed by atoms with Gasteiger partial charge in [0.15, 0.2) is 6.29 Å². The number of para-hydroxylation sites is 2. The van der Waals surface area contributed by atoms with Gasteiger partial charge in [-0.3, -0.25) is 4.79 Å². The predicted molar refractivity (Wildman–Crippen MR) is 98.4 cm³/mol. The minimum atomic E-state index is -0.622. The summed E-state index contributed by atoms with van der Waals surface area (Å²) in [6.07, 6.45) is 3.30. The second kappa shape index (κ2) is 6.28. The first-order valence-electron chi connectivity index (χ1n) is 8.08. The van der Waals surface area contributed by atoms with Gasteiger partial charge in [-0.25, -0.2) is 4.79 Å². The Morgan fingerprint density at radius 3 is 2.64 bits per heavy atom. The number of nitrogens with one attached hydrogen (secondary N) is 2. The van der Waals surface area contributed by atoms with Crippen molar-refractivity contribution in [2.24, 2.45) is 0 Å². The van der Waals surface area contributed by atoms with Crippen molar-refractivity contribution in [2.75, 3.05) is 11.9 Å². The number of aromatic amines is 1. The van der Waals surface area contributed by atoms with Gasteiger partial charge in [-0.1, -0.05) is 30.3 Å². The van der Waals surface area contributed by atoms with E-state index in [1.807, 2.05) is 36.5 Å². The normalized spacial score (nSPS) is 11.0. The summed E-state index contributed by atoms with van der Waals surface area (Å²) >= 11 is 0. The Morgan fingerprint density at radius 2 is 1.80 bits per heavy atom. The summed E-state index contributed by atoms with van der Waals surface area (Å²) in [6.45, 7) is 0.593. The molecule has 25 heavy (non-hydrogen) atoms. The number of hydrogen-bond acceptors (Lipinski definition) is 4. The highest BCUT2D eigenvalue weighted by molar-refractivity contribution is 5.98. The molecule has 2 N–H and O–H groups in total. The summed E-state index contributed by atoms with van der Waals surface area (Å²) in [5.41, 5.74) is 2.68. The van der Waals surface area contributed by atoms with E-state index in [-0.39, 0.29) is 5.56 Å². The average molecular weight is 332 g/mol. The second-order valence-corrected chi connectivity index (χ2v) is 5.83. The molecule has 0 unspecified atom stereocenters. The SMILES string of the molecule is O=Cc1c(NCCc2c[nH]c3ccccc23)c2ccccc2oc1=O. The van der Waals surface area contributed by atoms with Crippen molar-refractivity contribution in [1.82, 2.24) is 4.98 Å². The maximum Gasteiger partial charge on any atom is 0.349 e. The quantitative estimate of drug-likeness (QED) is 0.431. The molecular formula is C20H16N2O3. The molecule has 0 aliphatic rings. The van der Waals surface area contributed by atoms with Gasteiger partial charge in [0.25, 0.3) is 0 Å². The van der Waals surface area contributed by atoms with Crippen molar-refractivity contribution < 1.29 is 9.21 Å². The van der Waals surface area contributed by atoms with Crippen LogP contribution in [0.4, 0.5) is 5.69 Å². The van der Waals surface area contributed by atoms with Gasteiger partial charge in [0, 0.05) is 29.0 Å². The molecule has 5 nitrogen and oxygen atoms in total. The molecule has 0 aliphatic carbocycles. The topological polar surface area (TPSA) is 75.1 Å². The lowest BCUT2D eigenvalue weighted by atomic mass is 10.1. The van der Waals surface area contributed by atoms with Crippen molar-refractivity contribution in [1.29, 1.82) is 0 Å². The third-order valence-corrected chi connectivity index (χ3v) is 4.34. The summed E-state index contributed by atoms with van der Waals surface area (Å²) in [4.78, 5) is 26.6. The molecular weight excluding hydrogens is 316 g/mol. The van der Waals surface area contributed by atoms with Crippen molar-refractivity contribution in [3.8, 4) is 0 Å². The van der Waals surface area contributed by atoms with Crippen molar-refractivity contribution in [3.05, 3.63) is 76.3 Å². The smallest absolute Gasteiger partial charge is 0.349 e. The molecule has 2 aromatic carbocycles. The third kappa shape index (κ3) is 2.70. The molecule has 0 radical (unpaired) electrons. The Balaban J connectivity index is 1.64. The van der Waals surface area contributed by atoms with Gasteiger partial charge < -0.3 is 14.7 Å². The van der Waals surface area contributed by atoms with Crippen LogP contribution < -0.4 is 10.9 Å². The van der Waals surface area contributed by atoms with Crippen molar-refractivity contribution in [2.45, 2.75) is 6.42 Å². The van der Waals surface area contributed by atoms with Crippen LogP contribution in [0, 0.1) is 0 Å². The van der Waals surface area contributed by atoms with E-state index in [0.717, 1.165) is 17.3 Å². The molecule has 124 valence electrons. The predicted octanol–water partition coefficient (Wildman–Crippen LogP) is 3.74. The number of anilines is 1.